The van der Waals surface area contributed by atoms with Crippen LogP contribution >= 0.6 is 0 Å². The lowest BCUT2D eigenvalue weighted by Gasteiger charge is -2.22. The zero-order chi connectivity index (χ0) is 52.9. The molecule has 0 bridgehead atoms. The number of amides is 1. The Bertz CT molecular complexity index is 1180. The molecule has 2 atom stereocenters. The summed E-state index contributed by atoms with van der Waals surface area (Å²) in [6.07, 6.45) is 78.8. The van der Waals surface area contributed by atoms with Crippen LogP contribution in [0.1, 0.15) is 354 Å². The molecule has 0 aromatic heterocycles. The number of aliphatic hydroxyl groups is 2. The molecule has 0 spiro atoms. The van der Waals surface area contributed by atoms with E-state index in [1.807, 2.05) is 0 Å². The van der Waals surface area contributed by atoms with Gasteiger partial charge in [0.05, 0.1) is 25.4 Å². The van der Waals surface area contributed by atoms with E-state index in [0.717, 1.165) is 51.4 Å². The van der Waals surface area contributed by atoms with Crippen LogP contribution < -0.4 is 5.32 Å². The third kappa shape index (κ3) is 59.2. The molecule has 0 rings (SSSR count). The number of allylic oxidation sites excluding steroid dienone is 6. The minimum atomic E-state index is -0.671. The molecule has 0 aliphatic carbocycles. The van der Waals surface area contributed by atoms with Crippen molar-refractivity contribution in [2.45, 2.75) is 366 Å². The lowest BCUT2D eigenvalue weighted by Crippen LogP contribution is -2.45. The molecule has 1 amide bonds. The molecule has 0 saturated heterocycles. The van der Waals surface area contributed by atoms with Gasteiger partial charge in [0.2, 0.25) is 5.91 Å². The smallest absolute Gasteiger partial charge is 0.305 e. The highest BCUT2D eigenvalue weighted by molar-refractivity contribution is 5.76. The molecule has 0 aromatic rings. The van der Waals surface area contributed by atoms with Crippen LogP contribution in [0.2, 0.25) is 0 Å². The van der Waals surface area contributed by atoms with Crippen LogP contribution in [0.4, 0.5) is 0 Å². The Hall–Kier alpha value is -1.92. The Balaban J connectivity index is 3.43. The highest BCUT2D eigenvalue weighted by atomic mass is 16.5. The molecule has 0 fully saturated rings. The molecule has 0 heterocycles. The van der Waals surface area contributed by atoms with Crippen LogP contribution in [0.5, 0.6) is 0 Å². The summed E-state index contributed by atoms with van der Waals surface area (Å²) in [4.78, 5) is 24.6. The summed E-state index contributed by atoms with van der Waals surface area (Å²) in [5, 5.41) is 23.4. The number of esters is 1. The van der Waals surface area contributed by atoms with Crippen molar-refractivity contribution in [3.8, 4) is 0 Å². The molecular weight excluding hydrogens is 899 g/mol. The first-order chi connectivity index (χ1) is 36.0. The van der Waals surface area contributed by atoms with E-state index in [-0.39, 0.29) is 18.5 Å². The van der Waals surface area contributed by atoms with Crippen molar-refractivity contribution in [1.82, 2.24) is 5.32 Å². The molecule has 0 aliphatic heterocycles. The van der Waals surface area contributed by atoms with Crippen LogP contribution in [-0.2, 0) is 14.3 Å². The number of ether oxygens (including phenoxy) is 1. The van der Waals surface area contributed by atoms with E-state index < -0.39 is 12.1 Å². The lowest BCUT2D eigenvalue weighted by atomic mass is 10.0. The minimum Gasteiger partial charge on any atom is -0.466 e. The first kappa shape index (κ1) is 71.1. The van der Waals surface area contributed by atoms with Crippen molar-refractivity contribution >= 4 is 11.9 Å². The van der Waals surface area contributed by atoms with Gasteiger partial charge in [-0.25, -0.2) is 0 Å². The van der Waals surface area contributed by atoms with Gasteiger partial charge in [-0.15, -0.1) is 0 Å². The van der Waals surface area contributed by atoms with Gasteiger partial charge in [-0.2, -0.15) is 0 Å². The second-order valence-corrected chi connectivity index (χ2v) is 22.4. The highest BCUT2D eigenvalue weighted by Crippen LogP contribution is 2.18. The number of aliphatic hydroxyl groups excluding tert-OH is 2. The van der Waals surface area contributed by atoms with E-state index in [1.54, 1.807) is 0 Å². The summed E-state index contributed by atoms with van der Waals surface area (Å²) in [6, 6.07) is -0.549. The average Bonchev–Trinajstić information content (AvgIpc) is 3.39. The fraction of sp³-hybridized carbons (Fsp3) is 0.881. The first-order valence-corrected chi connectivity index (χ1v) is 32.7. The van der Waals surface area contributed by atoms with Crippen LogP contribution in [-0.4, -0.2) is 47.4 Å². The summed E-state index contributed by atoms with van der Waals surface area (Å²) < 4.78 is 5.47. The maximum atomic E-state index is 12.5. The quantitative estimate of drug-likeness (QED) is 0.0320. The topological polar surface area (TPSA) is 95.9 Å². The predicted molar refractivity (Wildman–Crippen MR) is 319 cm³/mol. The fourth-order valence-electron chi connectivity index (χ4n) is 10.1. The molecule has 0 aromatic carbocycles. The summed E-state index contributed by atoms with van der Waals surface area (Å²) in [6.45, 7) is 4.90. The van der Waals surface area contributed by atoms with Gasteiger partial charge >= 0.3 is 5.97 Å². The third-order valence-electron chi connectivity index (χ3n) is 15.1. The largest absolute Gasteiger partial charge is 0.466 e. The molecule has 430 valence electrons. The molecule has 6 heteroatoms. The number of hydrogen-bond acceptors (Lipinski definition) is 5. The zero-order valence-corrected chi connectivity index (χ0v) is 49.1. The molecule has 6 nitrogen and oxygen atoms in total. The van der Waals surface area contributed by atoms with E-state index in [2.05, 4.69) is 55.6 Å². The summed E-state index contributed by atoms with van der Waals surface area (Å²) in [5.41, 5.74) is 0. The van der Waals surface area contributed by atoms with Crippen molar-refractivity contribution < 1.29 is 24.5 Å². The van der Waals surface area contributed by atoms with Gasteiger partial charge in [-0.3, -0.25) is 9.59 Å². The third-order valence-corrected chi connectivity index (χ3v) is 15.1. The lowest BCUT2D eigenvalue weighted by molar-refractivity contribution is -0.143. The first-order valence-electron chi connectivity index (χ1n) is 32.7. The Morgan fingerprint density at radius 1 is 0.384 bits per heavy atom. The van der Waals surface area contributed by atoms with Crippen molar-refractivity contribution in [2.24, 2.45) is 0 Å². The average molecular weight is 1030 g/mol. The number of hydrogen-bond donors (Lipinski definition) is 3. The van der Waals surface area contributed by atoms with Gasteiger partial charge in [-0.05, 0) is 77.0 Å². The zero-order valence-electron chi connectivity index (χ0n) is 49.1. The maximum absolute atomic E-state index is 12.5. The number of carbonyl (C=O) groups is 2. The van der Waals surface area contributed by atoms with E-state index in [1.165, 1.54) is 270 Å². The van der Waals surface area contributed by atoms with Gasteiger partial charge in [0.15, 0.2) is 0 Å². The normalized spacial score (nSPS) is 12.8. The summed E-state index contributed by atoms with van der Waals surface area (Å²) in [5.74, 6) is -0.0465. The van der Waals surface area contributed by atoms with Crippen LogP contribution in [0.15, 0.2) is 36.5 Å². The Morgan fingerprint density at radius 3 is 1.11 bits per heavy atom. The monoisotopic (exact) mass is 1030 g/mol. The fourth-order valence-corrected chi connectivity index (χ4v) is 10.1. The van der Waals surface area contributed by atoms with Crippen LogP contribution in [0.3, 0.4) is 0 Å². The van der Waals surface area contributed by atoms with Crippen molar-refractivity contribution in [3.63, 3.8) is 0 Å². The van der Waals surface area contributed by atoms with E-state index in [9.17, 15) is 19.8 Å². The van der Waals surface area contributed by atoms with Crippen LogP contribution in [0, 0.1) is 0 Å². The van der Waals surface area contributed by atoms with Crippen LogP contribution in [0.25, 0.3) is 0 Å². The highest BCUT2D eigenvalue weighted by Gasteiger charge is 2.20. The molecular formula is C67H127NO5. The second-order valence-electron chi connectivity index (χ2n) is 22.4. The molecule has 3 N–H and O–H groups in total. The van der Waals surface area contributed by atoms with E-state index >= 15 is 0 Å². The van der Waals surface area contributed by atoms with Crippen molar-refractivity contribution in [1.29, 1.82) is 0 Å². The summed E-state index contributed by atoms with van der Waals surface area (Å²) >= 11 is 0. The standard InChI is InChI=1S/C67H127NO5/c1-3-5-7-9-11-13-15-17-18-19-20-21-23-26-29-32-36-39-43-47-51-55-59-65(70)64(63-69)68-66(71)60-56-52-48-44-40-37-33-30-27-24-22-25-28-31-34-38-42-46-50-54-58-62-73-67(72)61-57-53-49-45-41-35-16-14-12-10-8-6-4-2/h8,10,14,16,24,27,64-65,69-70H,3-7,9,11-13,15,17-23,25-26,28-63H2,1-2H3,(H,68,71)/b10-8-,16-14-,27-24-. The number of rotatable bonds is 61. The van der Waals surface area contributed by atoms with E-state index in [4.69, 9.17) is 4.74 Å². The predicted octanol–water partition coefficient (Wildman–Crippen LogP) is 20.8. The van der Waals surface area contributed by atoms with Gasteiger partial charge in [0, 0.05) is 12.8 Å². The van der Waals surface area contributed by atoms with Crippen molar-refractivity contribution in [3.05, 3.63) is 36.5 Å². The number of carbonyl (C=O) groups excluding carboxylic acids is 2. The maximum Gasteiger partial charge on any atom is 0.305 e. The van der Waals surface area contributed by atoms with E-state index in [0.29, 0.717) is 25.9 Å². The summed E-state index contributed by atoms with van der Waals surface area (Å²) in [7, 11) is 0. The SMILES string of the molecule is CCC/C=C\C/C=C\CCCCCCCC(=O)OCCCCCCCCCCCC/C=C\CCCCCCCCCC(=O)NC(CO)C(O)CCCCCCCCCCCCCCCCCCCCCCCC. The molecule has 2 unspecified atom stereocenters. The van der Waals surface area contributed by atoms with Gasteiger partial charge in [0.25, 0.3) is 0 Å². The number of unbranched alkanes of at least 4 members (excludes halogenated alkanes) is 44. The van der Waals surface area contributed by atoms with Crippen molar-refractivity contribution in [2.75, 3.05) is 13.2 Å². The molecule has 0 aliphatic rings. The molecule has 0 saturated carbocycles. The minimum absolute atomic E-state index is 0.00677. The van der Waals surface area contributed by atoms with Gasteiger partial charge < -0.3 is 20.3 Å². The number of nitrogens with one attached hydrogen (secondary N) is 1. The van der Waals surface area contributed by atoms with Gasteiger partial charge in [0.1, 0.15) is 0 Å². The molecule has 0 radical (unpaired) electrons. The van der Waals surface area contributed by atoms with Gasteiger partial charge in [-0.1, -0.05) is 301 Å². The Labute approximate surface area is 455 Å². The Morgan fingerprint density at radius 2 is 0.712 bits per heavy atom. The second kappa shape index (κ2) is 62.6. The molecule has 73 heavy (non-hydrogen) atoms. The Kier molecular flexibility index (Phi) is 61.0.